The summed E-state index contributed by atoms with van der Waals surface area (Å²) in [6.45, 7) is 2.22. The molecule has 2 aliphatic heterocycles. The van der Waals surface area contributed by atoms with E-state index < -0.39 is 9.84 Å². The number of nitrogens with zero attached hydrogens (tertiary/aromatic N) is 2. The third-order valence-corrected chi connectivity index (χ3v) is 8.91. The topological polar surface area (TPSA) is 92.6 Å². The van der Waals surface area contributed by atoms with E-state index in [-0.39, 0.29) is 17.6 Å². The summed E-state index contributed by atoms with van der Waals surface area (Å²) >= 11 is 0. The van der Waals surface area contributed by atoms with Crippen molar-refractivity contribution in [2.75, 3.05) is 18.8 Å². The number of hydrogen-bond acceptors (Lipinski definition) is 5. The molecule has 1 fully saturated rings. The van der Waals surface area contributed by atoms with Gasteiger partial charge < -0.3 is 10.6 Å². The highest BCUT2D eigenvalue weighted by atomic mass is 32.2. The third kappa shape index (κ3) is 4.13. The van der Waals surface area contributed by atoms with Crippen molar-refractivity contribution < 1.29 is 13.2 Å². The molecule has 1 amide bonds. The number of rotatable bonds is 6. The van der Waals surface area contributed by atoms with Gasteiger partial charge in [0.1, 0.15) is 5.65 Å². The maximum atomic E-state index is 12.8. The predicted octanol–water partition coefficient (Wildman–Crippen LogP) is 3.22. The van der Waals surface area contributed by atoms with Gasteiger partial charge in [0.2, 0.25) is 0 Å². The van der Waals surface area contributed by atoms with Crippen LogP contribution in [0.4, 0.5) is 0 Å². The number of pyridine rings is 1. The number of sulfone groups is 1. The predicted molar refractivity (Wildman–Crippen MR) is 134 cm³/mol. The number of carbonyl (C=O) groups excluding carboxylic acids is 1. The molecule has 35 heavy (non-hydrogen) atoms. The summed E-state index contributed by atoms with van der Waals surface area (Å²) in [6.07, 6.45) is 5.29. The van der Waals surface area contributed by atoms with Crippen molar-refractivity contribution in [3.8, 4) is 11.3 Å². The van der Waals surface area contributed by atoms with Crippen LogP contribution in [0.5, 0.6) is 0 Å². The Kier molecular flexibility index (Phi) is 5.42. The molecule has 1 saturated heterocycles. The quantitative estimate of drug-likeness (QED) is 0.437. The van der Waals surface area contributed by atoms with Gasteiger partial charge in [-0.15, -0.1) is 0 Å². The number of nitrogens with one attached hydrogen (secondary N) is 2. The highest BCUT2D eigenvalue weighted by Crippen LogP contribution is 2.28. The molecule has 178 valence electrons. The van der Waals surface area contributed by atoms with E-state index in [4.69, 9.17) is 0 Å². The molecule has 2 aliphatic rings. The van der Waals surface area contributed by atoms with Gasteiger partial charge in [0, 0.05) is 30.9 Å². The fraction of sp³-hybridized carbons (Fsp3) is 0.259. The van der Waals surface area contributed by atoms with Gasteiger partial charge in [-0.1, -0.05) is 24.3 Å². The van der Waals surface area contributed by atoms with Crippen molar-refractivity contribution in [1.29, 1.82) is 0 Å². The highest BCUT2D eigenvalue weighted by Gasteiger charge is 2.24. The second-order valence-corrected chi connectivity index (χ2v) is 11.4. The molecule has 0 bridgehead atoms. The number of amides is 1. The molecule has 8 heteroatoms. The minimum atomic E-state index is -3.29. The van der Waals surface area contributed by atoms with Crippen LogP contribution in [0.25, 0.3) is 16.9 Å². The van der Waals surface area contributed by atoms with Crippen LogP contribution in [0.1, 0.15) is 33.5 Å². The van der Waals surface area contributed by atoms with Crippen molar-refractivity contribution in [2.24, 2.45) is 5.92 Å². The third-order valence-electron chi connectivity index (χ3n) is 7.01. The normalized spacial score (nSPS) is 17.6. The molecule has 2 aromatic carbocycles. The van der Waals surface area contributed by atoms with Crippen LogP contribution in [0, 0.1) is 5.92 Å². The number of fused-ring (bicyclic) bond motifs is 2. The van der Waals surface area contributed by atoms with Gasteiger partial charge in [0.05, 0.1) is 16.3 Å². The SMILES string of the molecule is O=C1NCc2cc(-c3ccc(Cc4ccc(S(=O)(=O)CC5CCNC5)cc4)c4nccn34)ccc21. The highest BCUT2D eigenvalue weighted by molar-refractivity contribution is 7.91. The van der Waals surface area contributed by atoms with Crippen LogP contribution in [0.15, 0.2) is 71.9 Å². The summed E-state index contributed by atoms with van der Waals surface area (Å²) < 4.78 is 27.7. The van der Waals surface area contributed by atoms with E-state index in [0.717, 1.165) is 58.7 Å². The van der Waals surface area contributed by atoms with Gasteiger partial charge >= 0.3 is 0 Å². The molecule has 1 unspecified atom stereocenters. The average Bonchev–Trinajstić information content (AvgIpc) is 3.61. The van der Waals surface area contributed by atoms with E-state index in [9.17, 15) is 13.2 Å². The lowest BCUT2D eigenvalue weighted by Gasteiger charge is -2.12. The Morgan fingerprint density at radius 3 is 2.71 bits per heavy atom. The zero-order valence-electron chi connectivity index (χ0n) is 19.2. The summed E-state index contributed by atoms with van der Waals surface area (Å²) in [4.78, 5) is 16.9. The Bertz CT molecular complexity index is 1530. The molecule has 0 spiro atoms. The number of hydrogen-bond donors (Lipinski definition) is 2. The van der Waals surface area contributed by atoms with Crippen LogP contribution in [-0.4, -0.2) is 42.6 Å². The molecule has 2 aromatic heterocycles. The molecule has 0 radical (unpaired) electrons. The summed E-state index contributed by atoms with van der Waals surface area (Å²) in [6, 6.07) is 17.3. The van der Waals surface area contributed by atoms with E-state index >= 15 is 0 Å². The number of aromatic nitrogens is 2. The molecule has 6 rings (SSSR count). The Balaban J connectivity index is 1.25. The minimum absolute atomic E-state index is 0.0240. The molecule has 7 nitrogen and oxygen atoms in total. The summed E-state index contributed by atoms with van der Waals surface area (Å²) in [5, 5.41) is 6.10. The molecule has 1 atom stereocenters. The van der Waals surface area contributed by atoms with Crippen LogP contribution < -0.4 is 10.6 Å². The van der Waals surface area contributed by atoms with Crippen molar-refractivity contribution in [2.45, 2.75) is 24.3 Å². The Morgan fingerprint density at radius 1 is 1.06 bits per heavy atom. The summed E-state index contributed by atoms with van der Waals surface area (Å²) in [5.41, 5.74) is 6.73. The first-order chi connectivity index (χ1) is 17.0. The van der Waals surface area contributed by atoms with E-state index in [1.807, 2.05) is 30.5 Å². The van der Waals surface area contributed by atoms with E-state index in [1.165, 1.54) is 0 Å². The Labute approximate surface area is 204 Å². The van der Waals surface area contributed by atoms with Crippen LogP contribution in [0.3, 0.4) is 0 Å². The molecular weight excluding hydrogens is 460 g/mol. The number of carbonyl (C=O) groups is 1. The van der Waals surface area contributed by atoms with Gasteiger partial charge in [0.15, 0.2) is 9.84 Å². The van der Waals surface area contributed by atoms with Gasteiger partial charge in [-0.25, -0.2) is 13.4 Å². The van der Waals surface area contributed by atoms with Gasteiger partial charge in [-0.05, 0) is 78.0 Å². The van der Waals surface area contributed by atoms with E-state index in [0.29, 0.717) is 17.9 Å². The Hall–Kier alpha value is -3.49. The van der Waals surface area contributed by atoms with Crippen molar-refractivity contribution in [1.82, 2.24) is 20.0 Å². The van der Waals surface area contributed by atoms with E-state index in [1.54, 1.807) is 18.3 Å². The lowest BCUT2D eigenvalue weighted by molar-refractivity contribution is 0.0965. The minimum Gasteiger partial charge on any atom is -0.348 e. The van der Waals surface area contributed by atoms with Crippen molar-refractivity contribution in [3.05, 3.63) is 89.2 Å². The van der Waals surface area contributed by atoms with Crippen LogP contribution in [-0.2, 0) is 22.8 Å². The largest absolute Gasteiger partial charge is 0.348 e. The fourth-order valence-electron chi connectivity index (χ4n) is 5.13. The molecule has 0 saturated carbocycles. The molecule has 2 N–H and O–H groups in total. The zero-order chi connectivity index (χ0) is 24.0. The monoisotopic (exact) mass is 486 g/mol. The zero-order valence-corrected chi connectivity index (χ0v) is 20.0. The molecular formula is C27H26N4O3S. The number of benzene rings is 2. The fourth-order valence-corrected chi connectivity index (χ4v) is 6.78. The molecule has 0 aliphatic carbocycles. The molecule has 4 heterocycles. The van der Waals surface area contributed by atoms with Gasteiger partial charge in [0.25, 0.3) is 5.91 Å². The number of imidazole rings is 1. The maximum Gasteiger partial charge on any atom is 0.251 e. The van der Waals surface area contributed by atoms with Gasteiger partial charge in [-0.3, -0.25) is 9.20 Å². The van der Waals surface area contributed by atoms with Crippen LogP contribution in [0.2, 0.25) is 0 Å². The van der Waals surface area contributed by atoms with Crippen molar-refractivity contribution in [3.63, 3.8) is 0 Å². The second-order valence-electron chi connectivity index (χ2n) is 9.38. The standard InChI is InChI=1S/C27H26N4O3S/c32-27-24-7-3-20(14-22(24)16-30-27)25-8-4-21(26-29-11-12-31(25)26)13-18-1-5-23(6-2-18)35(33,34)17-19-9-10-28-15-19/h1-8,11-12,14,19,28H,9-10,13,15-17H2,(H,30,32). The second kappa shape index (κ2) is 8.62. The smallest absolute Gasteiger partial charge is 0.251 e. The first-order valence-electron chi connectivity index (χ1n) is 11.9. The lowest BCUT2D eigenvalue weighted by Crippen LogP contribution is -2.18. The molecule has 4 aromatic rings. The Morgan fingerprint density at radius 2 is 1.91 bits per heavy atom. The van der Waals surface area contributed by atoms with E-state index in [2.05, 4.69) is 38.2 Å². The summed E-state index contributed by atoms with van der Waals surface area (Å²) in [7, 11) is -3.29. The first kappa shape index (κ1) is 22.0. The average molecular weight is 487 g/mol. The maximum absolute atomic E-state index is 12.8. The first-order valence-corrected chi connectivity index (χ1v) is 13.5. The van der Waals surface area contributed by atoms with Gasteiger partial charge in [-0.2, -0.15) is 0 Å². The van der Waals surface area contributed by atoms with Crippen molar-refractivity contribution >= 4 is 21.4 Å². The van der Waals surface area contributed by atoms with Crippen LogP contribution >= 0.6 is 0 Å². The lowest BCUT2D eigenvalue weighted by atomic mass is 10.0. The summed E-state index contributed by atoms with van der Waals surface area (Å²) in [5.74, 6) is 0.362.